The van der Waals surface area contributed by atoms with Crippen LogP contribution >= 0.6 is 0 Å². The quantitative estimate of drug-likeness (QED) is 0.635. The summed E-state index contributed by atoms with van der Waals surface area (Å²) in [6.45, 7) is 6.47. The zero-order valence-electron chi connectivity index (χ0n) is 11.3. The molecule has 6 heteroatoms. The number of nitrogens with zero attached hydrogens (tertiary/aromatic N) is 2. The maximum absolute atomic E-state index is 12.2. The number of morpholine rings is 1. The van der Waals surface area contributed by atoms with Crippen molar-refractivity contribution in [3.8, 4) is 0 Å². The van der Waals surface area contributed by atoms with Crippen LogP contribution in [0.4, 0.5) is 0 Å². The first-order chi connectivity index (χ1) is 8.56. The van der Waals surface area contributed by atoms with Crippen LogP contribution < -0.4 is 0 Å². The molecule has 1 aliphatic heterocycles. The maximum Gasteiger partial charge on any atom is 0.320 e. The van der Waals surface area contributed by atoms with Crippen molar-refractivity contribution < 1.29 is 19.1 Å². The van der Waals surface area contributed by atoms with Gasteiger partial charge in [0.2, 0.25) is 5.91 Å². The molecule has 1 heterocycles. The van der Waals surface area contributed by atoms with Crippen molar-refractivity contribution in [1.29, 1.82) is 0 Å². The number of rotatable bonds is 5. The highest BCUT2D eigenvalue weighted by molar-refractivity contribution is 5.82. The predicted molar refractivity (Wildman–Crippen MR) is 66.1 cm³/mol. The summed E-state index contributed by atoms with van der Waals surface area (Å²) in [5.74, 6) is -0.272. The lowest BCUT2D eigenvalue weighted by Crippen LogP contribution is -2.50. The Bertz CT molecular complexity index is 290. The van der Waals surface area contributed by atoms with E-state index in [1.165, 1.54) is 0 Å². The van der Waals surface area contributed by atoms with E-state index >= 15 is 0 Å². The zero-order valence-corrected chi connectivity index (χ0v) is 11.3. The molecule has 1 aliphatic rings. The van der Waals surface area contributed by atoms with Crippen molar-refractivity contribution in [2.45, 2.75) is 19.9 Å². The van der Waals surface area contributed by atoms with Gasteiger partial charge >= 0.3 is 5.97 Å². The Balaban J connectivity index is 2.43. The van der Waals surface area contributed by atoms with E-state index in [2.05, 4.69) is 0 Å². The average molecular weight is 258 g/mol. The smallest absolute Gasteiger partial charge is 0.320 e. The summed E-state index contributed by atoms with van der Waals surface area (Å²) in [5, 5.41) is 0. The van der Waals surface area contributed by atoms with Crippen molar-refractivity contribution in [2.75, 3.05) is 46.5 Å². The van der Waals surface area contributed by atoms with E-state index in [4.69, 9.17) is 9.47 Å². The number of carbonyl (C=O) groups is 2. The van der Waals surface area contributed by atoms with Gasteiger partial charge in [0.15, 0.2) is 0 Å². The highest BCUT2D eigenvalue weighted by atomic mass is 16.5. The zero-order chi connectivity index (χ0) is 13.5. The molecule has 0 spiro atoms. The van der Waals surface area contributed by atoms with Crippen LogP contribution in [-0.4, -0.2) is 74.2 Å². The van der Waals surface area contributed by atoms with Gasteiger partial charge in [0, 0.05) is 13.1 Å². The highest BCUT2D eigenvalue weighted by Crippen LogP contribution is 2.05. The second-order valence-electron chi connectivity index (χ2n) is 4.33. The summed E-state index contributed by atoms with van der Waals surface area (Å²) in [4.78, 5) is 27.0. The molecule has 6 nitrogen and oxygen atoms in total. The lowest BCUT2D eigenvalue weighted by atomic mass is 10.2. The molecule has 0 aromatic carbocycles. The van der Waals surface area contributed by atoms with Crippen molar-refractivity contribution in [3.05, 3.63) is 0 Å². The van der Waals surface area contributed by atoms with Crippen LogP contribution in [0.3, 0.4) is 0 Å². The van der Waals surface area contributed by atoms with Gasteiger partial charge in [-0.2, -0.15) is 0 Å². The molecule has 0 bridgehead atoms. The van der Waals surface area contributed by atoms with Gasteiger partial charge in [-0.15, -0.1) is 0 Å². The number of amides is 1. The van der Waals surface area contributed by atoms with E-state index < -0.39 is 0 Å². The molecular formula is C12H22N2O4. The Kier molecular flexibility index (Phi) is 6.07. The normalized spacial score (nSPS) is 17.7. The summed E-state index contributed by atoms with van der Waals surface area (Å²) in [7, 11) is 1.75. The first-order valence-electron chi connectivity index (χ1n) is 6.28. The van der Waals surface area contributed by atoms with Gasteiger partial charge in [0.1, 0.15) is 0 Å². The van der Waals surface area contributed by atoms with Gasteiger partial charge < -0.3 is 14.4 Å². The van der Waals surface area contributed by atoms with Crippen molar-refractivity contribution in [1.82, 2.24) is 9.80 Å². The lowest BCUT2D eigenvalue weighted by molar-refractivity contribution is -0.147. The van der Waals surface area contributed by atoms with Gasteiger partial charge in [0.05, 0.1) is 32.4 Å². The molecular weight excluding hydrogens is 236 g/mol. The van der Waals surface area contributed by atoms with Crippen LogP contribution in [0.25, 0.3) is 0 Å². The molecule has 0 saturated carbocycles. The minimum absolute atomic E-state index is 0.0325. The van der Waals surface area contributed by atoms with Crippen LogP contribution in [0.15, 0.2) is 0 Å². The molecule has 0 radical (unpaired) electrons. The van der Waals surface area contributed by atoms with Gasteiger partial charge in [-0.25, -0.2) is 0 Å². The Morgan fingerprint density at radius 3 is 2.56 bits per heavy atom. The fourth-order valence-electron chi connectivity index (χ4n) is 1.78. The number of likely N-dealkylation sites (N-methyl/N-ethyl adjacent to an activating group) is 1. The highest BCUT2D eigenvalue weighted by Gasteiger charge is 2.26. The van der Waals surface area contributed by atoms with Crippen LogP contribution in [0.1, 0.15) is 13.8 Å². The number of ether oxygens (including phenoxy) is 2. The summed E-state index contributed by atoms with van der Waals surface area (Å²) >= 11 is 0. The molecule has 104 valence electrons. The minimum atomic E-state index is -0.326. The van der Waals surface area contributed by atoms with E-state index in [0.29, 0.717) is 32.9 Å². The largest absolute Gasteiger partial charge is 0.465 e. The number of esters is 1. The van der Waals surface area contributed by atoms with E-state index in [1.807, 2.05) is 0 Å². The summed E-state index contributed by atoms with van der Waals surface area (Å²) in [5.41, 5.74) is 0. The third kappa shape index (κ3) is 4.27. The van der Waals surface area contributed by atoms with Crippen molar-refractivity contribution in [3.63, 3.8) is 0 Å². The summed E-state index contributed by atoms with van der Waals surface area (Å²) in [6.07, 6.45) is 0. The molecule has 0 aromatic rings. The van der Waals surface area contributed by atoms with Crippen LogP contribution in [0.2, 0.25) is 0 Å². The van der Waals surface area contributed by atoms with Crippen molar-refractivity contribution in [2.24, 2.45) is 0 Å². The van der Waals surface area contributed by atoms with Crippen LogP contribution in [-0.2, 0) is 19.1 Å². The Hall–Kier alpha value is -1.14. The first kappa shape index (κ1) is 14.9. The third-order valence-corrected chi connectivity index (χ3v) is 3.03. The van der Waals surface area contributed by atoms with Gasteiger partial charge in [-0.1, -0.05) is 0 Å². The molecule has 0 N–H and O–H groups in total. The second kappa shape index (κ2) is 7.33. The monoisotopic (exact) mass is 258 g/mol. The Morgan fingerprint density at radius 1 is 1.39 bits per heavy atom. The average Bonchev–Trinajstić information content (AvgIpc) is 2.38. The van der Waals surface area contributed by atoms with Crippen molar-refractivity contribution >= 4 is 11.9 Å². The fourth-order valence-corrected chi connectivity index (χ4v) is 1.78. The predicted octanol–water partition coefficient (Wildman–Crippen LogP) is -0.271. The number of carbonyl (C=O) groups excluding carboxylic acids is 2. The maximum atomic E-state index is 12.2. The molecule has 1 fully saturated rings. The van der Waals surface area contributed by atoms with E-state index in [0.717, 1.165) is 0 Å². The molecule has 1 atom stereocenters. The molecule has 1 unspecified atom stereocenters. The molecule has 18 heavy (non-hydrogen) atoms. The molecule has 1 amide bonds. The van der Waals surface area contributed by atoms with Crippen LogP contribution in [0, 0.1) is 0 Å². The van der Waals surface area contributed by atoms with E-state index in [9.17, 15) is 9.59 Å². The molecule has 1 saturated heterocycles. The molecule has 1 rings (SSSR count). The fraction of sp³-hybridized carbons (Fsp3) is 0.833. The Morgan fingerprint density at radius 2 is 2.00 bits per heavy atom. The number of hydrogen-bond acceptors (Lipinski definition) is 5. The molecule has 0 aromatic heterocycles. The first-order valence-corrected chi connectivity index (χ1v) is 6.28. The van der Waals surface area contributed by atoms with Gasteiger partial charge in [-0.05, 0) is 20.9 Å². The van der Waals surface area contributed by atoms with Gasteiger partial charge in [0.25, 0.3) is 0 Å². The molecule has 0 aliphatic carbocycles. The Labute approximate surface area is 108 Å². The van der Waals surface area contributed by atoms with Gasteiger partial charge in [-0.3, -0.25) is 14.5 Å². The standard InChI is InChI=1S/C12H22N2O4/c1-4-18-11(15)9-13(3)10(2)12(16)14-5-7-17-8-6-14/h10H,4-9H2,1-3H3. The SMILES string of the molecule is CCOC(=O)CN(C)C(C)C(=O)N1CCOCC1. The third-order valence-electron chi connectivity index (χ3n) is 3.03. The summed E-state index contributed by atoms with van der Waals surface area (Å²) in [6, 6.07) is -0.326. The van der Waals surface area contributed by atoms with E-state index in [-0.39, 0.29) is 24.5 Å². The second-order valence-corrected chi connectivity index (χ2v) is 4.33. The van der Waals surface area contributed by atoms with E-state index in [1.54, 1.807) is 30.7 Å². The lowest BCUT2D eigenvalue weighted by Gasteiger charge is -2.32. The topological polar surface area (TPSA) is 59.1 Å². The summed E-state index contributed by atoms with van der Waals surface area (Å²) < 4.78 is 10.1. The number of hydrogen-bond donors (Lipinski definition) is 0. The van der Waals surface area contributed by atoms with Crippen LogP contribution in [0.5, 0.6) is 0 Å². The minimum Gasteiger partial charge on any atom is -0.465 e.